The summed E-state index contributed by atoms with van der Waals surface area (Å²) in [6.45, 7) is 0. The molecule has 24 heavy (non-hydrogen) atoms. The Morgan fingerprint density at radius 2 is 1.96 bits per heavy atom. The summed E-state index contributed by atoms with van der Waals surface area (Å²) in [5.74, 6) is 0.303. The van der Waals surface area contributed by atoms with Crippen LogP contribution < -0.4 is 10.1 Å². The number of aliphatic hydroxyl groups is 1. The van der Waals surface area contributed by atoms with E-state index in [0.29, 0.717) is 11.6 Å². The van der Waals surface area contributed by atoms with E-state index < -0.39 is 6.10 Å². The van der Waals surface area contributed by atoms with Crippen molar-refractivity contribution in [1.29, 1.82) is 0 Å². The Morgan fingerprint density at radius 1 is 1.17 bits per heavy atom. The van der Waals surface area contributed by atoms with E-state index in [1.165, 1.54) is 0 Å². The number of aliphatic hydroxyl groups excluding tert-OH is 1. The van der Waals surface area contributed by atoms with Gasteiger partial charge in [-0.25, -0.2) is 4.98 Å². The SMILES string of the molecule is COc1ccc2cc(NC(=O)CC(O)c3ccccc3)ccc2n1. The molecule has 0 aliphatic heterocycles. The summed E-state index contributed by atoms with van der Waals surface area (Å²) in [4.78, 5) is 16.5. The second-order valence-corrected chi connectivity index (χ2v) is 5.44. The average molecular weight is 322 g/mol. The van der Waals surface area contributed by atoms with Gasteiger partial charge in [-0.1, -0.05) is 30.3 Å². The molecule has 1 amide bonds. The topological polar surface area (TPSA) is 71.5 Å². The van der Waals surface area contributed by atoms with Crippen molar-refractivity contribution in [2.75, 3.05) is 12.4 Å². The maximum atomic E-state index is 12.1. The lowest BCUT2D eigenvalue weighted by Gasteiger charge is -2.11. The smallest absolute Gasteiger partial charge is 0.227 e. The molecule has 0 saturated heterocycles. The number of fused-ring (bicyclic) bond motifs is 1. The number of anilines is 1. The molecule has 3 rings (SSSR count). The highest BCUT2D eigenvalue weighted by Crippen LogP contribution is 2.22. The Balaban J connectivity index is 1.69. The number of methoxy groups -OCH3 is 1. The lowest BCUT2D eigenvalue weighted by atomic mass is 10.1. The van der Waals surface area contributed by atoms with Crippen molar-refractivity contribution in [2.24, 2.45) is 0 Å². The zero-order chi connectivity index (χ0) is 16.9. The van der Waals surface area contributed by atoms with Crippen molar-refractivity contribution >= 4 is 22.5 Å². The second-order valence-electron chi connectivity index (χ2n) is 5.44. The number of nitrogens with zero attached hydrogens (tertiary/aromatic N) is 1. The summed E-state index contributed by atoms with van der Waals surface area (Å²) in [6.07, 6.45) is -0.819. The summed E-state index contributed by atoms with van der Waals surface area (Å²) in [5.41, 5.74) is 2.18. The minimum absolute atomic E-state index is 0.00289. The summed E-state index contributed by atoms with van der Waals surface area (Å²) in [7, 11) is 1.57. The fourth-order valence-corrected chi connectivity index (χ4v) is 2.48. The quantitative estimate of drug-likeness (QED) is 0.756. The molecule has 1 atom stereocenters. The van der Waals surface area contributed by atoms with Gasteiger partial charge in [0.05, 0.1) is 25.2 Å². The van der Waals surface area contributed by atoms with Gasteiger partial charge in [-0.3, -0.25) is 4.79 Å². The molecule has 0 aliphatic rings. The fourth-order valence-electron chi connectivity index (χ4n) is 2.48. The number of pyridine rings is 1. The van der Waals surface area contributed by atoms with Gasteiger partial charge in [-0.2, -0.15) is 0 Å². The number of hydrogen-bond donors (Lipinski definition) is 2. The molecular weight excluding hydrogens is 304 g/mol. The van der Waals surface area contributed by atoms with Crippen LogP contribution in [0.3, 0.4) is 0 Å². The van der Waals surface area contributed by atoms with Crippen LogP contribution in [0.5, 0.6) is 5.88 Å². The molecule has 0 saturated carbocycles. The van der Waals surface area contributed by atoms with E-state index in [1.807, 2.05) is 36.4 Å². The minimum atomic E-state index is -0.822. The first-order chi connectivity index (χ1) is 11.7. The zero-order valence-electron chi connectivity index (χ0n) is 13.3. The van der Waals surface area contributed by atoms with E-state index in [4.69, 9.17) is 4.74 Å². The summed E-state index contributed by atoms with van der Waals surface area (Å²) in [6, 6.07) is 18.2. The van der Waals surface area contributed by atoms with E-state index in [-0.39, 0.29) is 12.3 Å². The van der Waals surface area contributed by atoms with E-state index in [0.717, 1.165) is 16.5 Å². The van der Waals surface area contributed by atoms with Crippen LogP contribution in [0.15, 0.2) is 60.7 Å². The number of ether oxygens (including phenoxy) is 1. The highest BCUT2D eigenvalue weighted by molar-refractivity contribution is 5.94. The van der Waals surface area contributed by atoms with E-state index >= 15 is 0 Å². The van der Waals surface area contributed by atoms with Gasteiger partial charge < -0.3 is 15.2 Å². The van der Waals surface area contributed by atoms with Gasteiger partial charge in [0.25, 0.3) is 0 Å². The predicted octanol–water partition coefficient (Wildman–Crippen LogP) is 3.31. The lowest BCUT2D eigenvalue weighted by molar-refractivity contribution is -0.118. The third-order valence-electron chi connectivity index (χ3n) is 3.72. The molecule has 0 radical (unpaired) electrons. The van der Waals surface area contributed by atoms with Crippen LogP contribution in [-0.2, 0) is 4.79 Å². The number of hydrogen-bond acceptors (Lipinski definition) is 4. The molecule has 0 bridgehead atoms. The second kappa shape index (κ2) is 7.10. The van der Waals surface area contributed by atoms with E-state index in [9.17, 15) is 9.90 Å². The number of rotatable bonds is 5. The molecule has 2 aromatic carbocycles. The monoisotopic (exact) mass is 322 g/mol. The Kier molecular flexibility index (Phi) is 4.72. The van der Waals surface area contributed by atoms with Crippen molar-refractivity contribution in [3.63, 3.8) is 0 Å². The number of aromatic nitrogens is 1. The Labute approximate surface area is 139 Å². The van der Waals surface area contributed by atoms with Gasteiger partial charge in [0.1, 0.15) is 0 Å². The molecule has 0 aliphatic carbocycles. The van der Waals surface area contributed by atoms with Crippen LogP contribution in [-0.4, -0.2) is 23.1 Å². The van der Waals surface area contributed by atoms with Crippen molar-refractivity contribution in [3.05, 3.63) is 66.2 Å². The van der Waals surface area contributed by atoms with Gasteiger partial charge in [-0.05, 0) is 29.8 Å². The van der Waals surface area contributed by atoms with Crippen LogP contribution in [0.1, 0.15) is 18.1 Å². The van der Waals surface area contributed by atoms with Gasteiger partial charge >= 0.3 is 0 Å². The first-order valence-electron chi connectivity index (χ1n) is 7.63. The molecule has 5 heteroatoms. The van der Waals surface area contributed by atoms with Gasteiger partial charge in [0, 0.05) is 17.1 Å². The third kappa shape index (κ3) is 3.70. The van der Waals surface area contributed by atoms with Crippen LogP contribution in [0.25, 0.3) is 10.9 Å². The highest BCUT2D eigenvalue weighted by atomic mass is 16.5. The molecule has 3 aromatic rings. The molecule has 0 spiro atoms. The van der Waals surface area contributed by atoms with Gasteiger partial charge in [-0.15, -0.1) is 0 Å². The minimum Gasteiger partial charge on any atom is -0.481 e. The van der Waals surface area contributed by atoms with Crippen LogP contribution >= 0.6 is 0 Å². The predicted molar refractivity (Wildman–Crippen MR) is 92.9 cm³/mol. The fraction of sp³-hybridized carbons (Fsp3) is 0.158. The van der Waals surface area contributed by atoms with Crippen molar-refractivity contribution in [2.45, 2.75) is 12.5 Å². The number of nitrogens with one attached hydrogen (secondary N) is 1. The van der Waals surface area contributed by atoms with E-state index in [1.54, 1.807) is 31.4 Å². The number of carbonyl (C=O) groups excluding carboxylic acids is 1. The molecule has 0 fully saturated rings. The molecule has 1 heterocycles. The highest BCUT2D eigenvalue weighted by Gasteiger charge is 2.13. The maximum Gasteiger partial charge on any atom is 0.227 e. The van der Waals surface area contributed by atoms with Gasteiger partial charge in [0.2, 0.25) is 11.8 Å². The standard InChI is InChI=1S/C19H18N2O3/c1-24-19-10-7-14-11-15(8-9-16(14)21-19)20-18(23)12-17(22)13-5-3-2-4-6-13/h2-11,17,22H,12H2,1H3,(H,20,23). The first-order valence-corrected chi connectivity index (χ1v) is 7.63. The molecular formula is C19H18N2O3. The molecule has 2 N–H and O–H groups in total. The van der Waals surface area contributed by atoms with Crippen molar-refractivity contribution in [3.8, 4) is 5.88 Å². The molecule has 1 aromatic heterocycles. The Morgan fingerprint density at radius 3 is 2.71 bits per heavy atom. The number of benzene rings is 2. The molecule has 1 unspecified atom stereocenters. The number of amides is 1. The summed E-state index contributed by atoms with van der Waals surface area (Å²) in [5, 5.41) is 13.8. The molecule has 5 nitrogen and oxygen atoms in total. The lowest BCUT2D eigenvalue weighted by Crippen LogP contribution is -2.15. The number of carbonyl (C=O) groups is 1. The van der Waals surface area contributed by atoms with Crippen LogP contribution in [0.4, 0.5) is 5.69 Å². The zero-order valence-corrected chi connectivity index (χ0v) is 13.3. The normalized spacial score (nSPS) is 11.9. The van der Waals surface area contributed by atoms with Crippen molar-refractivity contribution < 1.29 is 14.6 Å². The average Bonchev–Trinajstić information content (AvgIpc) is 2.61. The van der Waals surface area contributed by atoms with Crippen molar-refractivity contribution in [1.82, 2.24) is 4.98 Å². The first kappa shape index (κ1) is 16.0. The van der Waals surface area contributed by atoms with Gasteiger partial charge in [0.15, 0.2) is 0 Å². The maximum absolute atomic E-state index is 12.1. The van der Waals surface area contributed by atoms with E-state index in [2.05, 4.69) is 10.3 Å². The Hall–Kier alpha value is -2.92. The van der Waals surface area contributed by atoms with Crippen LogP contribution in [0.2, 0.25) is 0 Å². The van der Waals surface area contributed by atoms with Crippen LogP contribution in [0, 0.1) is 0 Å². The third-order valence-corrected chi connectivity index (χ3v) is 3.72. The Bertz CT molecular complexity index is 850. The molecule has 122 valence electrons. The largest absolute Gasteiger partial charge is 0.481 e. The summed E-state index contributed by atoms with van der Waals surface area (Å²) >= 11 is 0. The summed E-state index contributed by atoms with van der Waals surface area (Å²) < 4.78 is 5.09.